The zero-order chi connectivity index (χ0) is 14.8. The molecular weight excluding hydrogens is 260 g/mol. The van der Waals surface area contributed by atoms with E-state index in [1.165, 1.54) is 0 Å². The summed E-state index contributed by atoms with van der Waals surface area (Å²) in [5.41, 5.74) is 10.2. The first kappa shape index (κ1) is 14.9. The Morgan fingerprint density at radius 3 is 2.35 bits per heavy atom. The number of primary amides is 1. The van der Waals surface area contributed by atoms with Crippen LogP contribution in [0.15, 0.2) is 0 Å². The zero-order valence-electron chi connectivity index (χ0n) is 11.6. The van der Waals surface area contributed by atoms with Crippen molar-refractivity contribution in [3.8, 4) is 0 Å². The second-order valence-electron chi connectivity index (χ2n) is 5.71. The molecule has 1 aliphatic carbocycles. The highest BCUT2D eigenvalue weighted by Gasteiger charge is 2.43. The van der Waals surface area contributed by atoms with Gasteiger partial charge in [-0.1, -0.05) is 12.8 Å². The molecule has 0 spiro atoms. The molecule has 0 unspecified atom stereocenters. The van der Waals surface area contributed by atoms with Gasteiger partial charge in [-0.25, -0.2) is 0 Å². The van der Waals surface area contributed by atoms with Crippen molar-refractivity contribution in [3.05, 3.63) is 0 Å². The molecule has 1 saturated carbocycles. The van der Waals surface area contributed by atoms with Crippen molar-refractivity contribution in [1.29, 1.82) is 0 Å². The van der Waals surface area contributed by atoms with E-state index in [4.69, 9.17) is 11.5 Å². The van der Waals surface area contributed by atoms with Crippen LogP contribution in [0.25, 0.3) is 0 Å². The summed E-state index contributed by atoms with van der Waals surface area (Å²) in [7, 11) is 0. The molecule has 2 fully saturated rings. The number of amides is 3. The number of hydrogen-bond donors (Lipinski definition) is 3. The lowest BCUT2D eigenvalue weighted by Gasteiger charge is -2.31. The van der Waals surface area contributed by atoms with E-state index in [0.29, 0.717) is 19.3 Å². The SMILES string of the molecule is NC(=O)CN(C(=O)[C@@H]1CCCN1)C(=O)C1(N)CCCC1. The Labute approximate surface area is 118 Å². The van der Waals surface area contributed by atoms with Crippen LogP contribution in [0.3, 0.4) is 0 Å². The topological polar surface area (TPSA) is 119 Å². The Hall–Kier alpha value is -1.47. The van der Waals surface area contributed by atoms with E-state index >= 15 is 0 Å². The van der Waals surface area contributed by atoms with Crippen molar-refractivity contribution < 1.29 is 14.4 Å². The fraction of sp³-hybridized carbons (Fsp3) is 0.769. The van der Waals surface area contributed by atoms with Crippen LogP contribution < -0.4 is 16.8 Å². The summed E-state index contributed by atoms with van der Waals surface area (Å²) >= 11 is 0. The van der Waals surface area contributed by atoms with Crippen molar-refractivity contribution in [2.75, 3.05) is 13.1 Å². The van der Waals surface area contributed by atoms with E-state index in [1.54, 1.807) is 0 Å². The highest BCUT2D eigenvalue weighted by atomic mass is 16.2. The van der Waals surface area contributed by atoms with Crippen molar-refractivity contribution in [1.82, 2.24) is 10.2 Å². The van der Waals surface area contributed by atoms with Gasteiger partial charge in [-0.2, -0.15) is 0 Å². The van der Waals surface area contributed by atoms with Crippen LogP contribution in [0.1, 0.15) is 38.5 Å². The number of nitrogens with one attached hydrogen (secondary N) is 1. The number of rotatable bonds is 4. The first-order chi connectivity index (χ1) is 9.44. The molecule has 7 nitrogen and oxygen atoms in total. The van der Waals surface area contributed by atoms with Gasteiger partial charge >= 0.3 is 0 Å². The maximum atomic E-state index is 12.5. The molecular formula is C13H22N4O3. The molecule has 1 atom stereocenters. The zero-order valence-corrected chi connectivity index (χ0v) is 11.6. The molecule has 112 valence electrons. The average Bonchev–Trinajstić information content (AvgIpc) is 3.05. The summed E-state index contributed by atoms with van der Waals surface area (Å²) in [6.07, 6.45) is 4.37. The van der Waals surface area contributed by atoms with Crippen molar-refractivity contribution >= 4 is 17.7 Å². The smallest absolute Gasteiger partial charge is 0.249 e. The number of hydrogen-bond acceptors (Lipinski definition) is 5. The molecule has 7 heteroatoms. The van der Waals surface area contributed by atoms with Crippen LogP contribution in [0.4, 0.5) is 0 Å². The van der Waals surface area contributed by atoms with Gasteiger partial charge in [0.25, 0.3) is 0 Å². The molecule has 0 aromatic carbocycles. The lowest BCUT2D eigenvalue weighted by Crippen LogP contribution is -2.59. The minimum atomic E-state index is -1.02. The molecule has 0 aromatic rings. The quantitative estimate of drug-likeness (QED) is 0.563. The summed E-state index contributed by atoms with van der Waals surface area (Å²) < 4.78 is 0. The molecule has 3 amide bonds. The molecule has 20 heavy (non-hydrogen) atoms. The molecule has 5 N–H and O–H groups in total. The van der Waals surface area contributed by atoms with E-state index in [2.05, 4.69) is 5.32 Å². The van der Waals surface area contributed by atoms with Crippen molar-refractivity contribution in [3.63, 3.8) is 0 Å². The Balaban J connectivity index is 2.15. The first-order valence-corrected chi connectivity index (χ1v) is 7.10. The average molecular weight is 282 g/mol. The summed E-state index contributed by atoms with van der Waals surface area (Å²) in [5, 5.41) is 3.03. The van der Waals surface area contributed by atoms with Gasteiger partial charge in [0.1, 0.15) is 6.54 Å². The lowest BCUT2D eigenvalue weighted by atomic mass is 9.96. The van der Waals surface area contributed by atoms with Gasteiger partial charge in [-0.15, -0.1) is 0 Å². The van der Waals surface area contributed by atoms with Gasteiger partial charge in [0.15, 0.2) is 0 Å². The third kappa shape index (κ3) is 2.99. The van der Waals surface area contributed by atoms with Crippen LogP contribution >= 0.6 is 0 Å². The molecule has 0 bridgehead atoms. The second-order valence-corrected chi connectivity index (χ2v) is 5.71. The molecule has 1 aliphatic heterocycles. The van der Waals surface area contributed by atoms with Gasteiger partial charge in [0.05, 0.1) is 11.6 Å². The fourth-order valence-corrected chi connectivity index (χ4v) is 2.98. The largest absolute Gasteiger partial charge is 0.368 e. The number of nitrogens with zero attached hydrogens (tertiary/aromatic N) is 1. The minimum Gasteiger partial charge on any atom is -0.368 e. The predicted molar refractivity (Wildman–Crippen MR) is 72.3 cm³/mol. The van der Waals surface area contributed by atoms with E-state index in [9.17, 15) is 14.4 Å². The minimum absolute atomic E-state index is 0.386. The number of carbonyl (C=O) groups is 3. The normalized spacial score (nSPS) is 24.6. The molecule has 2 rings (SSSR count). The third-order valence-corrected chi connectivity index (χ3v) is 4.11. The van der Waals surface area contributed by atoms with Crippen LogP contribution in [-0.4, -0.2) is 47.3 Å². The van der Waals surface area contributed by atoms with Crippen molar-refractivity contribution in [2.45, 2.75) is 50.1 Å². The van der Waals surface area contributed by atoms with Gasteiger partial charge in [0, 0.05) is 0 Å². The lowest BCUT2D eigenvalue weighted by molar-refractivity contribution is -0.151. The standard InChI is InChI=1S/C13H22N4O3/c14-10(18)8-17(11(19)9-4-3-7-16-9)12(20)13(15)5-1-2-6-13/h9,16H,1-8,15H2,(H2,14,18)/t9-/m0/s1. The fourth-order valence-electron chi connectivity index (χ4n) is 2.98. The van der Waals surface area contributed by atoms with Crippen LogP contribution in [0.5, 0.6) is 0 Å². The van der Waals surface area contributed by atoms with Gasteiger partial charge in [-0.05, 0) is 32.2 Å². The van der Waals surface area contributed by atoms with Crippen LogP contribution in [-0.2, 0) is 14.4 Å². The Bertz CT molecular complexity index is 412. The van der Waals surface area contributed by atoms with Gasteiger partial charge < -0.3 is 16.8 Å². The van der Waals surface area contributed by atoms with Crippen molar-refractivity contribution in [2.24, 2.45) is 11.5 Å². The molecule has 1 heterocycles. The van der Waals surface area contributed by atoms with E-state index in [0.717, 1.165) is 30.7 Å². The summed E-state index contributed by atoms with van der Waals surface area (Å²) in [5.74, 6) is -1.55. The highest BCUT2D eigenvalue weighted by molar-refractivity contribution is 6.04. The number of nitrogens with two attached hydrogens (primary N) is 2. The van der Waals surface area contributed by atoms with E-state index in [-0.39, 0.29) is 5.91 Å². The Morgan fingerprint density at radius 1 is 1.20 bits per heavy atom. The molecule has 0 radical (unpaired) electrons. The number of imide groups is 1. The summed E-state index contributed by atoms with van der Waals surface area (Å²) in [4.78, 5) is 37.1. The second kappa shape index (κ2) is 5.88. The number of carbonyl (C=O) groups excluding carboxylic acids is 3. The van der Waals surface area contributed by atoms with E-state index in [1.807, 2.05) is 0 Å². The summed E-state index contributed by atoms with van der Waals surface area (Å²) in [6, 6.07) is -0.414. The molecule has 0 aromatic heterocycles. The first-order valence-electron chi connectivity index (χ1n) is 7.10. The Morgan fingerprint density at radius 2 is 1.85 bits per heavy atom. The molecule has 1 saturated heterocycles. The summed E-state index contributed by atoms with van der Waals surface area (Å²) in [6.45, 7) is 0.345. The predicted octanol–water partition coefficient (Wildman–Crippen LogP) is -1.15. The third-order valence-electron chi connectivity index (χ3n) is 4.11. The van der Waals surface area contributed by atoms with Gasteiger partial charge in [-0.3, -0.25) is 19.3 Å². The monoisotopic (exact) mass is 282 g/mol. The maximum absolute atomic E-state index is 12.5. The molecule has 2 aliphatic rings. The Kier molecular flexibility index (Phi) is 4.39. The highest BCUT2D eigenvalue weighted by Crippen LogP contribution is 2.29. The van der Waals surface area contributed by atoms with E-state index < -0.39 is 29.9 Å². The van der Waals surface area contributed by atoms with Gasteiger partial charge in [0.2, 0.25) is 17.7 Å². The maximum Gasteiger partial charge on any atom is 0.249 e. The van der Waals surface area contributed by atoms with Crippen LogP contribution in [0.2, 0.25) is 0 Å². The van der Waals surface area contributed by atoms with Crippen LogP contribution in [0, 0.1) is 0 Å².